The second kappa shape index (κ2) is 4.54. The quantitative estimate of drug-likeness (QED) is 0.539. The number of hydrogen-bond acceptors (Lipinski definition) is 2. The van der Waals surface area contributed by atoms with Crippen LogP contribution in [0.3, 0.4) is 0 Å². The summed E-state index contributed by atoms with van der Waals surface area (Å²) in [6.45, 7) is 1.06. The van der Waals surface area contributed by atoms with Crippen LogP contribution in [0.25, 0.3) is 0 Å². The van der Waals surface area contributed by atoms with E-state index in [1.54, 1.807) is 0 Å². The van der Waals surface area contributed by atoms with E-state index in [1.807, 2.05) is 0 Å². The summed E-state index contributed by atoms with van der Waals surface area (Å²) in [5.74, 6) is 4.28. The molecule has 0 amide bonds. The molecule has 1 rings (SSSR count). The SMILES string of the molecule is CC(=O)c1cc(F)ccc1C#CCO. The van der Waals surface area contributed by atoms with Crippen LogP contribution in [0.2, 0.25) is 0 Å². The molecule has 0 fully saturated rings. The molecule has 0 atom stereocenters. The molecule has 0 unspecified atom stereocenters. The number of hydrogen-bond donors (Lipinski definition) is 1. The van der Waals surface area contributed by atoms with Crippen LogP contribution in [0.4, 0.5) is 4.39 Å². The highest BCUT2D eigenvalue weighted by molar-refractivity contribution is 5.96. The molecule has 0 bridgehead atoms. The van der Waals surface area contributed by atoms with E-state index in [9.17, 15) is 9.18 Å². The van der Waals surface area contributed by atoms with E-state index >= 15 is 0 Å². The Morgan fingerprint density at radius 3 is 2.86 bits per heavy atom. The Morgan fingerprint density at radius 2 is 2.29 bits per heavy atom. The van der Waals surface area contributed by atoms with Crippen LogP contribution in [-0.4, -0.2) is 17.5 Å². The lowest BCUT2D eigenvalue weighted by Gasteiger charge is -1.99. The molecular formula is C11H9FO2. The fraction of sp³-hybridized carbons (Fsp3) is 0.182. The zero-order chi connectivity index (χ0) is 10.6. The number of benzene rings is 1. The first kappa shape index (κ1) is 10.4. The Kier molecular flexibility index (Phi) is 3.38. The molecule has 72 valence electrons. The molecule has 3 heteroatoms. The van der Waals surface area contributed by atoms with Gasteiger partial charge in [-0.1, -0.05) is 11.8 Å². The van der Waals surface area contributed by atoms with E-state index in [2.05, 4.69) is 11.8 Å². The van der Waals surface area contributed by atoms with E-state index in [1.165, 1.54) is 19.1 Å². The first-order chi connectivity index (χ1) is 6.65. The minimum Gasteiger partial charge on any atom is -0.384 e. The fourth-order valence-electron chi connectivity index (χ4n) is 1.05. The first-order valence-corrected chi connectivity index (χ1v) is 4.05. The maximum atomic E-state index is 12.8. The van der Waals surface area contributed by atoms with E-state index in [0.717, 1.165) is 6.07 Å². The summed E-state index contributed by atoms with van der Waals surface area (Å²) < 4.78 is 12.8. The number of carbonyl (C=O) groups is 1. The monoisotopic (exact) mass is 192 g/mol. The number of halogens is 1. The van der Waals surface area contributed by atoms with E-state index < -0.39 is 5.82 Å². The van der Waals surface area contributed by atoms with Gasteiger partial charge < -0.3 is 5.11 Å². The first-order valence-electron chi connectivity index (χ1n) is 4.05. The summed E-state index contributed by atoms with van der Waals surface area (Å²) in [4.78, 5) is 11.1. The zero-order valence-corrected chi connectivity index (χ0v) is 7.67. The van der Waals surface area contributed by atoms with Crippen LogP contribution in [0.5, 0.6) is 0 Å². The summed E-state index contributed by atoms with van der Waals surface area (Å²) in [5.41, 5.74) is 0.680. The topological polar surface area (TPSA) is 37.3 Å². The summed E-state index contributed by atoms with van der Waals surface area (Å²) in [6.07, 6.45) is 0. The lowest BCUT2D eigenvalue weighted by atomic mass is 10.0. The van der Waals surface area contributed by atoms with Crippen molar-refractivity contribution < 1.29 is 14.3 Å². The van der Waals surface area contributed by atoms with E-state index in [-0.39, 0.29) is 18.0 Å². The number of carbonyl (C=O) groups excluding carboxylic acids is 1. The standard InChI is InChI=1S/C11H9FO2/c1-8(14)11-7-10(12)5-4-9(11)3-2-6-13/h4-5,7,13H,6H2,1H3. The van der Waals surface area contributed by atoms with Crippen LogP contribution in [0.15, 0.2) is 18.2 Å². The van der Waals surface area contributed by atoms with Crippen molar-refractivity contribution in [2.45, 2.75) is 6.92 Å². The van der Waals surface area contributed by atoms with Crippen LogP contribution >= 0.6 is 0 Å². The zero-order valence-electron chi connectivity index (χ0n) is 7.67. The maximum absolute atomic E-state index is 12.8. The Balaban J connectivity index is 3.22. The van der Waals surface area contributed by atoms with Gasteiger partial charge >= 0.3 is 0 Å². The van der Waals surface area contributed by atoms with E-state index in [0.29, 0.717) is 5.56 Å². The summed E-state index contributed by atoms with van der Waals surface area (Å²) in [7, 11) is 0. The average Bonchev–Trinajstić information content (AvgIpc) is 2.15. The van der Waals surface area contributed by atoms with Gasteiger partial charge in [0.2, 0.25) is 0 Å². The Bertz CT molecular complexity index is 413. The highest BCUT2D eigenvalue weighted by Gasteiger charge is 2.06. The maximum Gasteiger partial charge on any atom is 0.161 e. The summed E-state index contributed by atoms with van der Waals surface area (Å²) in [5, 5.41) is 8.48. The number of aliphatic hydroxyl groups excluding tert-OH is 1. The van der Waals surface area contributed by atoms with Gasteiger partial charge in [0.05, 0.1) is 0 Å². The predicted molar refractivity (Wildman–Crippen MR) is 50.4 cm³/mol. The van der Waals surface area contributed by atoms with Gasteiger partial charge in [-0.15, -0.1) is 0 Å². The van der Waals surface area contributed by atoms with Crippen molar-refractivity contribution in [2.75, 3.05) is 6.61 Å². The van der Waals surface area contributed by atoms with Gasteiger partial charge in [-0.3, -0.25) is 4.79 Å². The molecule has 0 radical (unpaired) electrons. The second-order valence-electron chi connectivity index (χ2n) is 2.71. The van der Waals surface area contributed by atoms with Crippen molar-refractivity contribution >= 4 is 5.78 Å². The van der Waals surface area contributed by atoms with Crippen molar-refractivity contribution in [3.05, 3.63) is 35.1 Å². The molecular weight excluding hydrogens is 183 g/mol. The highest BCUT2D eigenvalue weighted by atomic mass is 19.1. The van der Waals surface area contributed by atoms with Crippen LogP contribution in [0.1, 0.15) is 22.8 Å². The van der Waals surface area contributed by atoms with Crippen LogP contribution in [0, 0.1) is 17.7 Å². The number of ketones is 1. The van der Waals surface area contributed by atoms with Gasteiger partial charge in [-0.2, -0.15) is 0 Å². The normalized spacial score (nSPS) is 9.07. The largest absolute Gasteiger partial charge is 0.384 e. The van der Waals surface area contributed by atoms with Crippen LogP contribution < -0.4 is 0 Å². The average molecular weight is 192 g/mol. The Labute approximate surface area is 81.4 Å². The smallest absolute Gasteiger partial charge is 0.161 e. The molecule has 0 aliphatic carbocycles. The predicted octanol–water partition coefficient (Wildman–Crippen LogP) is 1.37. The molecule has 0 heterocycles. The molecule has 2 nitrogen and oxygen atoms in total. The van der Waals surface area contributed by atoms with Crippen LogP contribution in [-0.2, 0) is 0 Å². The van der Waals surface area contributed by atoms with Gasteiger partial charge in [0, 0.05) is 11.1 Å². The van der Waals surface area contributed by atoms with Crippen molar-refractivity contribution in [1.82, 2.24) is 0 Å². The van der Waals surface area contributed by atoms with Gasteiger partial charge in [0.15, 0.2) is 5.78 Å². The van der Waals surface area contributed by atoms with Gasteiger partial charge in [-0.25, -0.2) is 4.39 Å². The molecule has 0 aromatic heterocycles. The molecule has 0 saturated carbocycles. The third kappa shape index (κ3) is 2.41. The fourth-order valence-corrected chi connectivity index (χ4v) is 1.05. The van der Waals surface area contributed by atoms with Gasteiger partial charge in [0.1, 0.15) is 12.4 Å². The van der Waals surface area contributed by atoms with Gasteiger partial charge in [0.25, 0.3) is 0 Å². The minimum absolute atomic E-state index is 0.242. The van der Waals surface area contributed by atoms with Crippen molar-refractivity contribution in [3.8, 4) is 11.8 Å². The highest BCUT2D eigenvalue weighted by Crippen LogP contribution is 2.10. The molecule has 1 N–H and O–H groups in total. The van der Waals surface area contributed by atoms with Gasteiger partial charge in [-0.05, 0) is 25.1 Å². The molecule has 0 spiro atoms. The second-order valence-corrected chi connectivity index (χ2v) is 2.71. The molecule has 1 aromatic carbocycles. The van der Waals surface area contributed by atoms with Crippen molar-refractivity contribution in [2.24, 2.45) is 0 Å². The lowest BCUT2D eigenvalue weighted by Crippen LogP contribution is -1.97. The van der Waals surface area contributed by atoms with E-state index in [4.69, 9.17) is 5.11 Å². The molecule has 14 heavy (non-hydrogen) atoms. The summed E-state index contributed by atoms with van der Waals surface area (Å²) >= 11 is 0. The number of aliphatic hydroxyl groups is 1. The lowest BCUT2D eigenvalue weighted by molar-refractivity contribution is 0.101. The Morgan fingerprint density at radius 1 is 1.57 bits per heavy atom. The summed E-state index contributed by atoms with van der Waals surface area (Å²) in [6, 6.07) is 3.80. The third-order valence-electron chi connectivity index (χ3n) is 1.66. The molecule has 0 aliphatic rings. The van der Waals surface area contributed by atoms with Crippen molar-refractivity contribution in [1.29, 1.82) is 0 Å². The molecule has 1 aromatic rings. The molecule has 0 aliphatic heterocycles. The third-order valence-corrected chi connectivity index (χ3v) is 1.66. The number of rotatable bonds is 1. The Hall–Kier alpha value is -1.66. The molecule has 0 saturated heterocycles. The van der Waals surface area contributed by atoms with Crippen molar-refractivity contribution in [3.63, 3.8) is 0 Å². The minimum atomic E-state index is -0.468. The number of Topliss-reactive ketones (excluding diaryl/α,β-unsaturated/α-hetero) is 1.